The van der Waals surface area contributed by atoms with Crippen LogP contribution in [0.4, 0.5) is 0 Å². The molecule has 1 aliphatic carbocycles. The summed E-state index contributed by atoms with van der Waals surface area (Å²) in [5.74, 6) is -2.34. The van der Waals surface area contributed by atoms with Gasteiger partial charge in [0.05, 0.1) is 13.1 Å². The summed E-state index contributed by atoms with van der Waals surface area (Å²) in [6.45, 7) is -0.608. The van der Waals surface area contributed by atoms with Crippen molar-refractivity contribution in [3.63, 3.8) is 0 Å². The molecule has 0 aliphatic heterocycles. The smallest absolute Gasteiger partial charge is 0.317 e. The second-order valence-electron chi connectivity index (χ2n) is 5.15. The molecule has 0 bridgehead atoms. The Kier molecular flexibility index (Phi) is 7.00. The van der Waals surface area contributed by atoms with Crippen molar-refractivity contribution in [3.05, 3.63) is 0 Å². The number of carboxylic acid groups (broad SMARTS) is 2. The molecule has 3 N–H and O–H groups in total. The van der Waals surface area contributed by atoms with E-state index in [1.165, 1.54) is 11.3 Å². The van der Waals surface area contributed by atoms with Crippen LogP contribution in [0.15, 0.2) is 0 Å². The Morgan fingerprint density at radius 3 is 2.05 bits per heavy atom. The first-order valence-electron chi connectivity index (χ1n) is 6.92. The lowest BCUT2D eigenvalue weighted by Crippen LogP contribution is -2.40. The Morgan fingerprint density at radius 2 is 1.55 bits per heavy atom. The summed E-state index contributed by atoms with van der Waals surface area (Å²) in [4.78, 5) is 34.2. The quantitative estimate of drug-likeness (QED) is 0.592. The lowest BCUT2D eigenvalue weighted by atomic mass is 9.95. The Morgan fingerprint density at radius 1 is 1.00 bits per heavy atom. The highest BCUT2D eigenvalue weighted by Gasteiger charge is 2.18. The van der Waals surface area contributed by atoms with Crippen LogP contribution >= 0.6 is 0 Å². The van der Waals surface area contributed by atoms with Crippen molar-refractivity contribution in [3.8, 4) is 0 Å². The summed E-state index contributed by atoms with van der Waals surface area (Å²) in [6.07, 6.45) is 5.54. The SMILES string of the molecule is O=C(O)CN(CCC(=O)NC1CCCCC1)CC(=O)O. The third-order valence-electron chi connectivity index (χ3n) is 3.34. The van der Waals surface area contributed by atoms with E-state index in [9.17, 15) is 14.4 Å². The van der Waals surface area contributed by atoms with Gasteiger partial charge >= 0.3 is 11.9 Å². The molecule has 0 unspecified atom stereocenters. The van der Waals surface area contributed by atoms with E-state index in [1.807, 2.05) is 0 Å². The number of rotatable bonds is 8. The summed E-state index contributed by atoms with van der Waals surface area (Å²) < 4.78 is 0. The molecule has 1 fully saturated rings. The van der Waals surface area contributed by atoms with E-state index < -0.39 is 11.9 Å². The molecule has 0 atom stereocenters. The predicted octanol–water partition coefficient (Wildman–Crippen LogP) is 0.297. The average Bonchev–Trinajstić information content (AvgIpc) is 2.36. The molecule has 0 spiro atoms. The predicted molar refractivity (Wildman–Crippen MR) is 71.3 cm³/mol. The number of carboxylic acids is 2. The molecule has 114 valence electrons. The maximum Gasteiger partial charge on any atom is 0.317 e. The third-order valence-corrected chi connectivity index (χ3v) is 3.34. The summed E-state index contributed by atoms with van der Waals surface area (Å²) in [5, 5.41) is 20.3. The lowest BCUT2D eigenvalue weighted by Gasteiger charge is -2.23. The van der Waals surface area contributed by atoms with Gasteiger partial charge in [-0.1, -0.05) is 19.3 Å². The van der Waals surface area contributed by atoms with Gasteiger partial charge in [-0.3, -0.25) is 19.3 Å². The molecule has 0 heterocycles. The highest BCUT2D eigenvalue weighted by molar-refractivity contribution is 5.77. The van der Waals surface area contributed by atoms with Crippen LogP contribution in [0.1, 0.15) is 38.5 Å². The molecule has 7 nitrogen and oxygen atoms in total. The fraction of sp³-hybridized carbons (Fsp3) is 0.769. The van der Waals surface area contributed by atoms with Crippen LogP contribution in [0.5, 0.6) is 0 Å². The monoisotopic (exact) mass is 286 g/mol. The van der Waals surface area contributed by atoms with Crippen LogP contribution in [0.2, 0.25) is 0 Å². The van der Waals surface area contributed by atoms with Gasteiger partial charge in [-0.15, -0.1) is 0 Å². The molecule has 1 rings (SSSR count). The lowest BCUT2D eigenvalue weighted by molar-refractivity contribution is -0.142. The molecular formula is C13H22N2O5. The zero-order valence-electron chi connectivity index (χ0n) is 11.5. The maximum absolute atomic E-state index is 11.8. The molecule has 1 aliphatic rings. The summed E-state index contributed by atoms with van der Waals surface area (Å²) in [6, 6.07) is 0.212. The van der Waals surface area contributed by atoms with Gasteiger partial charge in [-0.25, -0.2) is 0 Å². The molecule has 1 amide bonds. The van der Waals surface area contributed by atoms with E-state index in [4.69, 9.17) is 10.2 Å². The number of nitrogens with one attached hydrogen (secondary N) is 1. The number of aliphatic carboxylic acids is 2. The van der Waals surface area contributed by atoms with Gasteiger partial charge in [0.15, 0.2) is 0 Å². The Labute approximate surface area is 117 Å². The minimum absolute atomic E-state index is 0.122. The van der Waals surface area contributed by atoms with E-state index >= 15 is 0 Å². The first-order chi connectivity index (χ1) is 9.47. The van der Waals surface area contributed by atoms with Gasteiger partial charge in [0.25, 0.3) is 0 Å². The number of nitrogens with zero attached hydrogens (tertiary/aromatic N) is 1. The summed E-state index contributed by atoms with van der Waals surface area (Å²) >= 11 is 0. The number of carbonyl (C=O) groups is 3. The van der Waals surface area contributed by atoms with Crippen LogP contribution in [0.3, 0.4) is 0 Å². The Balaban J connectivity index is 2.31. The van der Waals surface area contributed by atoms with Gasteiger partial charge < -0.3 is 15.5 Å². The first kappa shape index (κ1) is 16.4. The molecule has 20 heavy (non-hydrogen) atoms. The van der Waals surface area contributed by atoms with Crippen LogP contribution in [0, 0.1) is 0 Å². The normalized spacial score (nSPS) is 16.1. The number of amides is 1. The molecule has 7 heteroatoms. The van der Waals surface area contributed by atoms with Crippen molar-refractivity contribution in [2.75, 3.05) is 19.6 Å². The number of hydrogen-bond acceptors (Lipinski definition) is 4. The number of carbonyl (C=O) groups excluding carboxylic acids is 1. The highest BCUT2D eigenvalue weighted by atomic mass is 16.4. The maximum atomic E-state index is 11.8. The van der Waals surface area contributed by atoms with Crippen molar-refractivity contribution in [2.45, 2.75) is 44.6 Å². The summed E-state index contributed by atoms with van der Waals surface area (Å²) in [5.41, 5.74) is 0. The number of hydrogen-bond donors (Lipinski definition) is 3. The Hall–Kier alpha value is -1.63. The van der Waals surface area contributed by atoms with Crippen LogP contribution in [-0.4, -0.2) is 58.6 Å². The van der Waals surface area contributed by atoms with E-state index in [0.717, 1.165) is 25.7 Å². The van der Waals surface area contributed by atoms with E-state index in [0.29, 0.717) is 0 Å². The van der Waals surface area contributed by atoms with Crippen molar-refractivity contribution in [2.24, 2.45) is 0 Å². The Bertz CT molecular complexity index is 337. The van der Waals surface area contributed by atoms with E-state index in [2.05, 4.69) is 5.32 Å². The molecule has 0 aromatic carbocycles. The van der Waals surface area contributed by atoms with Crippen molar-refractivity contribution >= 4 is 17.8 Å². The molecule has 0 radical (unpaired) electrons. The average molecular weight is 286 g/mol. The van der Waals surface area contributed by atoms with Gasteiger partial charge in [0.1, 0.15) is 0 Å². The van der Waals surface area contributed by atoms with Crippen LogP contribution in [-0.2, 0) is 14.4 Å². The fourth-order valence-electron chi connectivity index (χ4n) is 2.40. The largest absolute Gasteiger partial charge is 0.480 e. The van der Waals surface area contributed by atoms with Gasteiger partial charge in [-0.05, 0) is 12.8 Å². The standard InChI is InChI=1S/C13H22N2O5/c16-11(14-10-4-2-1-3-5-10)6-7-15(8-12(17)18)9-13(19)20/h10H,1-9H2,(H,14,16)(H,17,18)(H,19,20). The van der Waals surface area contributed by atoms with E-state index in [-0.39, 0.29) is 38.0 Å². The first-order valence-corrected chi connectivity index (χ1v) is 6.92. The second-order valence-corrected chi connectivity index (χ2v) is 5.15. The molecule has 0 saturated heterocycles. The van der Waals surface area contributed by atoms with Crippen molar-refractivity contribution in [1.82, 2.24) is 10.2 Å². The molecule has 0 aromatic heterocycles. The van der Waals surface area contributed by atoms with Gasteiger partial charge in [0.2, 0.25) is 5.91 Å². The minimum Gasteiger partial charge on any atom is -0.480 e. The minimum atomic E-state index is -1.10. The zero-order valence-corrected chi connectivity index (χ0v) is 11.5. The van der Waals surface area contributed by atoms with E-state index in [1.54, 1.807) is 0 Å². The second kappa shape index (κ2) is 8.52. The van der Waals surface area contributed by atoms with Gasteiger partial charge in [0, 0.05) is 19.0 Å². The van der Waals surface area contributed by atoms with Crippen LogP contribution < -0.4 is 5.32 Å². The zero-order chi connectivity index (χ0) is 15.0. The summed E-state index contributed by atoms with van der Waals surface area (Å²) in [7, 11) is 0. The van der Waals surface area contributed by atoms with Gasteiger partial charge in [-0.2, -0.15) is 0 Å². The third kappa shape index (κ3) is 7.08. The van der Waals surface area contributed by atoms with Crippen molar-refractivity contribution < 1.29 is 24.6 Å². The fourth-order valence-corrected chi connectivity index (χ4v) is 2.40. The highest BCUT2D eigenvalue weighted by Crippen LogP contribution is 2.17. The topological polar surface area (TPSA) is 107 Å². The van der Waals surface area contributed by atoms with Crippen LogP contribution in [0.25, 0.3) is 0 Å². The molecular weight excluding hydrogens is 264 g/mol. The van der Waals surface area contributed by atoms with Crippen molar-refractivity contribution in [1.29, 1.82) is 0 Å². The molecule has 0 aromatic rings. The molecule has 1 saturated carbocycles.